The minimum Gasteiger partial charge on any atom is -0.307 e. The molecule has 0 spiro atoms. The standard InChI is InChI=1S/C14H19BrN4/c1-4-19-13(14(15)11(3)18-19)9-17-8-12-5-6-16-7-10(12)2/h5-7,17H,4,8-9H2,1-3H3. The van der Waals surface area contributed by atoms with Crippen molar-refractivity contribution in [1.82, 2.24) is 20.1 Å². The lowest BCUT2D eigenvalue weighted by molar-refractivity contribution is 0.577. The molecule has 0 atom stereocenters. The van der Waals surface area contributed by atoms with Crippen LogP contribution in [0.4, 0.5) is 0 Å². The second-order valence-electron chi connectivity index (χ2n) is 4.57. The molecule has 0 saturated heterocycles. The average Bonchev–Trinajstić information content (AvgIpc) is 2.68. The normalized spacial score (nSPS) is 10.9. The third-order valence-electron chi connectivity index (χ3n) is 3.20. The third kappa shape index (κ3) is 3.22. The summed E-state index contributed by atoms with van der Waals surface area (Å²) in [4.78, 5) is 4.11. The van der Waals surface area contributed by atoms with E-state index in [1.165, 1.54) is 16.8 Å². The summed E-state index contributed by atoms with van der Waals surface area (Å²) in [6, 6.07) is 2.06. The van der Waals surface area contributed by atoms with Gasteiger partial charge in [0.1, 0.15) is 0 Å². The highest BCUT2D eigenvalue weighted by Crippen LogP contribution is 2.20. The number of hydrogen-bond donors (Lipinski definition) is 1. The summed E-state index contributed by atoms with van der Waals surface area (Å²) in [5, 5.41) is 7.96. The number of halogens is 1. The van der Waals surface area contributed by atoms with Crippen LogP contribution in [0.2, 0.25) is 0 Å². The van der Waals surface area contributed by atoms with Gasteiger partial charge in [-0.2, -0.15) is 5.10 Å². The molecule has 0 saturated carbocycles. The molecule has 4 nitrogen and oxygen atoms in total. The van der Waals surface area contributed by atoms with Gasteiger partial charge in [-0.25, -0.2) is 0 Å². The van der Waals surface area contributed by atoms with Crippen LogP contribution < -0.4 is 5.32 Å². The maximum atomic E-state index is 4.49. The zero-order valence-corrected chi connectivity index (χ0v) is 13.2. The van der Waals surface area contributed by atoms with Crippen LogP contribution in [-0.4, -0.2) is 14.8 Å². The molecule has 0 amide bonds. The summed E-state index contributed by atoms with van der Waals surface area (Å²) in [6.45, 7) is 8.74. The zero-order chi connectivity index (χ0) is 13.8. The average molecular weight is 323 g/mol. The van der Waals surface area contributed by atoms with Crippen molar-refractivity contribution in [3.8, 4) is 0 Å². The van der Waals surface area contributed by atoms with Crippen LogP contribution in [0, 0.1) is 13.8 Å². The van der Waals surface area contributed by atoms with E-state index in [0.29, 0.717) is 0 Å². The topological polar surface area (TPSA) is 42.7 Å². The minimum atomic E-state index is 0.803. The highest BCUT2D eigenvalue weighted by atomic mass is 79.9. The van der Waals surface area contributed by atoms with Gasteiger partial charge >= 0.3 is 0 Å². The van der Waals surface area contributed by atoms with Gasteiger partial charge in [0.05, 0.1) is 15.9 Å². The molecule has 0 aromatic carbocycles. The van der Waals surface area contributed by atoms with Crippen LogP contribution in [-0.2, 0) is 19.6 Å². The van der Waals surface area contributed by atoms with Crippen LogP contribution in [0.15, 0.2) is 22.9 Å². The van der Waals surface area contributed by atoms with Gasteiger partial charge in [-0.1, -0.05) is 0 Å². The van der Waals surface area contributed by atoms with Crippen LogP contribution in [0.1, 0.15) is 29.4 Å². The number of nitrogens with zero attached hydrogens (tertiary/aromatic N) is 3. The zero-order valence-electron chi connectivity index (χ0n) is 11.6. The number of aryl methyl sites for hydroxylation is 3. The van der Waals surface area contributed by atoms with E-state index in [1.54, 1.807) is 0 Å². The van der Waals surface area contributed by atoms with E-state index in [2.05, 4.69) is 51.2 Å². The number of rotatable bonds is 5. The summed E-state index contributed by atoms with van der Waals surface area (Å²) < 4.78 is 3.14. The number of aromatic nitrogens is 3. The predicted molar refractivity (Wildman–Crippen MR) is 79.9 cm³/mol. The Labute approximate surface area is 122 Å². The van der Waals surface area contributed by atoms with E-state index < -0.39 is 0 Å². The van der Waals surface area contributed by atoms with E-state index in [1.807, 2.05) is 24.0 Å². The van der Waals surface area contributed by atoms with Crippen LogP contribution in [0.25, 0.3) is 0 Å². The Kier molecular flexibility index (Phi) is 4.71. The lowest BCUT2D eigenvalue weighted by atomic mass is 10.1. The van der Waals surface area contributed by atoms with Gasteiger partial charge < -0.3 is 5.32 Å². The molecule has 1 N–H and O–H groups in total. The molecule has 0 aliphatic rings. The first kappa shape index (κ1) is 14.2. The SMILES string of the molecule is CCn1nc(C)c(Br)c1CNCc1ccncc1C. The molecule has 2 aromatic heterocycles. The van der Waals surface area contributed by atoms with Crippen molar-refractivity contribution in [2.24, 2.45) is 0 Å². The highest BCUT2D eigenvalue weighted by molar-refractivity contribution is 9.10. The highest BCUT2D eigenvalue weighted by Gasteiger charge is 2.11. The molecular formula is C14H19BrN4. The quantitative estimate of drug-likeness (QED) is 0.920. The molecule has 19 heavy (non-hydrogen) atoms. The second-order valence-corrected chi connectivity index (χ2v) is 5.36. The molecule has 2 heterocycles. The molecule has 0 aliphatic heterocycles. The molecule has 2 rings (SSSR count). The van der Waals surface area contributed by atoms with E-state index in [-0.39, 0.29) is 0 Å². The fourth-order valence-electron chi connectivity index (χ4n) is 2.05. The molecule has 102 valence electrons. The largest absolute Gasteiger partial charge is 0.307 e. The number of nitrogens with one attached hydrogen (secondary N) is 1. The molecular weight excluding hydrogens is 304 g/mol. The Morgan fingerprint density at radius 1 is 1.32 bits per heavy atom. The monoisotopic (exact) mass is 322 g/mol. The molecule has 0 fully saturated rings. The van der Waals surface area contributed by atoms with Crippen molar-refractivity contribution in [1.29, 1.82) is 0 Å². The summed E-state index contributed by atoms with van der Waals surface area (Å²) in [7, 11) is 0. The van der Waals surface area contributed by atoms with Crippen LogP contribution in [0.5, 0.6) is 0 Å². The maximum absolute atomic E-state index is 4.49. The van der Waals surface area contributed by atoms with Gasteiger partial charge in [-0.3, -0.25) is 9.67 Å². The number of hydrogen-bond acceptors (Lipinski definition) is 3. The Bertz CT molecular complexity index is 563. The van der Waals surface area contributed by atoms with E-state index in [9.17, 15) is 0 Å². The van der Waals surface area contributed by atoms with Crippen LogP contribution >= 0.6 is 15.9 Å². The van der Waals surface area contributed by atoms with Crippen molar-refractivity contribution >= 4 is 15.9 Å². The fourth-order valence-corrected chi connectivity index (χ4v) is 2.48. The first-order valence-electron chi connectivity index (χ1n) is 6.45. The van der Waals surface area contributed by atoms with Gasteiger partial charge in [0, 0.05) is 32.0 Å². The summed E-state index contributed by atoms with van der Waals surface area (Å²) in [6.07, 6.45) is 3.73. The summed E-state index contributed by atoms with van der Waals surface area (Å²) in [5.41, 5.74) is 4.74. The summed E-state index contributed by atoms with van der Waals surface area (Å²) in [5.74, 6) is 0. The molecule has 0 unspecified atom stereocenters. The Hall–Kier alpha value is -1.20. The lowest BCUT2D eigenvalue weighted by Gasteiger charge is -2.09. The minimum absolute atomic E-state index is 0.803. The van der Waals surface area contributed by atoms with E-state index in [4.69, 9.17) is 0 Å². The lowest BCUT2D eigenvalue weighted by Crippen LogP contribution is -2.17. The van der Waals surface area contributed by atoms with Gasteiger partial charge in [0.2, 0.25) is 0 Å². The van der Waals surface area contributed by atoms with Crippen molar-refractivity contribution in [2.45, 2.75) is 40.4 Å². The van der Waals surface area contributed by atoms with Gasteiger partial charge in [-0.05, 0) is 53.9 Å². The number of pyridine rings is 1. The Morgan fingerprint density at radius 2 is 2.11 bits per heavy atom. The Balaban J connectivity index is 2.02. The van der Waals surface area contributed by atoms with Gasteiger partial charge in [-0.15, -0.1) is 0 Å². The van der Waals surface area contributed by atoms with E-state index in [0.717, 1.165) is 29.8 Å². The van der Waals surface area contributed by atoms with Gasteiger partial charge in [0.15, 0.2) is 0 Å². The summed E-state index contributed by atoms with van der Waals surface area (Å²) >= 11 is 3.61. The van der Waals surface area contributed by atoms with Crippen LogP contribution in [0.3, 0.4) is 0 Å². The molecule has 0 aliphatic carbocycles. The van der Waals surface area contributed by atoms with Gasteiger partial charge in [0.25, 0.3) is 0 Å². The fraction of sp³-hybridized carbons (Fsp3) is 0.429. The maximum Gasteiger partial charge on any atom is 0.0739 e. The van der Waals surface area contributed by atoms with Crippen molar-refractivity contribution in [2.75, 3.05) is 0 Å². The van der Waals surface area contributed by atoms with Crippen molar-refractivity contribution in [3.63, 3.8) is 0 Å². The molecule has 5 heteroatoms. The molecule has 0 radical (unpaired) electrons. The van der Waals surface area contributed by atoms with Crippen molar-refractivity contribution < 1.29 is 0 Å². The first-order chi connectivity index (χ1) is 9.13. The molecule has 2 aromatic rings. The second kappa shape index (κ2) is 6.30. The van der Waals surface area contributed by atoms with Crippen molar-refractivity contribution in [3.05, 3.63) is 45.4 Å². The first-order valence-corrected chi connectivity index (χ1v) is 7.24. The predicted octanol–water partition coefficient (Wildman–Crippen LogP) is 2.97. The third-order valence-corrected chi connectivity index (χ3v) is 4.23. The molecule has 0 bridgehead atoms. The van der Waals surface area contributed by atoms with E-state index >= 15 is 0 Å². The smallest absolute Gasteiger partial charge is 0.0739 e. The Morgan fingerprint density at radius 3 is 2.79 bits per heavy atom.